The van der Waals surface area contributed by atoms with Gasteiger partial charge < -0.3 is 0 Å². The van der Waals surface area contributed by atoms with Gasteiger partial charge in [0.15, 0.2) is 0 Å². The van der Waals surface area contributed by atoms with Crippen LogP contribution in [0, 0.1) is 37.7 Å². The van der Waals surface area contributed by atoms with Gasteiger partial charge in [-0.25, -0.2) is 0 Å². The van der Waals surface area contributed by atoms with Gasteiger partial charge in [0.05, 0.1) is 0 Å². The summed E-state index contributed by atoms with van der Waals surface area (Å²) in [6.07, 6.45) is -0.508. The molecule has 0 radical (unpaired) electrons. The van der Waals surface area contributed by atoms with Gasteiger partial charge in [0.1, 0.15) is 0 Å². The monoisotopic (exact) mass is 463 g/mol. The van der Waals surface area contributed by atoms with Crippen molar-refractivity contribution in [3.05, 3.63) is 6.61 Å². The molecule has 0 aromatic heterocycles. The summed E-state index contributed by atoms with van der Waals surface area (Å²) in [4.78, 5) is 0.239. The van der Waals surface area contributed by atoms with Crippen molar-refractivity contribution in [1.29, 1.82) is 0 Å². The molecule has 1 aliphatic rings. The van der Waals surface area contributed by atoms with Crippen molar-refractivity contribution >= 4 is 15.0 Å². The molecule has 12 heavy (non-hydrogen) atoms. The van der Waals surface area contributed by atoms with E-state index in [1.54, 1.807) is 13.7 Å². The number of aliphatic hydroxyl groups is 1. The van der Waals surface area contributed by atoms with Crippen molar-refractivity contribution in [3.8, 4) is 0 Å². The zero-order chi connectivity index (χ0) is 8.27. The van der Waals surface area contributed by atoms with Crippen molar-refractivity contribution in [2.45, 2.75) is 22.8 Å². The predicted octanol–water partition coefficient (Wildman–Crippen LogP) is 0.0951. The molecule has 1 N–H and O–H groups in total. The van der Waals surface area contributed by atoms with Crippen LogP contribution >= 0.6 is 0 Å². The number of aliphatic hydroxyl groups excluding tert-OH is 1. The molecule has 1 rings (SSSR count). The largest absolute Gasteiger partial charge is 0 e. The first-order valence-electron chi connectivity index (χ1n) is 3.48. The summed E-state index contributed by atoms with van der Waals surface area (Å²) < 4.78 is 10.1. The minimum Gasteiger partial charge on any atom is 0 e. The third kappa shape index (κ3) is 3.31. The average molecular weight is 462 g/mol. The van der Waals surface area contributed by atoms with Crippen molar-refractivity contribution < 1.29 is 45.7 Å². The summed E-state index contributed by atoms with van der Waals surface area (Å²) in [5, 5.41) is 9.56. The zero-order valence-corrected chi connectivity index (χ0v) is 13.1. The number of ether oxygens (including phenoxy) is 2. The van der Waals surface area contributed by atoms with Crippen LogP contribution in [0.5, 0.6) is 0 Å². The van der Waals surface area contributed by atoms with E-state index in [4.69, 9.17) is 9.47 Å². The second kappa shape index (κ2) is 6.84. The van der Waals surface area contributed by atoms with Crippen molar-refractivity contribution in [3.63, 3.8) is 0 Å². The van der Waals surface area contributed by atoms with Crippen LogP contribution in [0.4, 0.5) is 0 Å². The second-order valence-corrected chi connectivity index (χ2v) is 4.59. The molecular weight excluding hydrogens is 449 g/mol. The van der Waals surface area contributed by atoms with Gasteiger partial charge in [0.2, 0.25) is 0 Å². The molecule has 0 saturated carbocycles. The molecule has 0 aromatic carbocycles. The predicted molar refractivity (Wildman–Crippen MR) is 42.4 cm³/mol. The fourth-order valence-corrected chi connectivity index (χ4v) is 2.37. The van der Waals surface area contributed by atoms with Crippen LogP contribution < -0.4 is 0 Å². The molecule has 1 saturated heterocycles. The molecule has 1 fully saturated rings. The van der Waals surface area contributed by atoms with E-state index in [2.05, 4.69) is 5.82 Å². The Bertz CT molecular complexity index is 125. The van der Waals surface area contributed by atoms with E-state index in [0.29, 0.717) is 21.6 Å². The standard InChI is InChI=1S/C7H13O3Se.U/c1-9-3-5-7(8)6(11-2)4-10-5;/h4-8H,3H2,1-2H3;/q-1;/t5-,6?,7+;/m1./s1. The van der Waals surface area contributed by atoms with E-state index >= 15 is 0 Å². The second-order valence-electron chi connectivity index (χ2n) is 2.46. The van der Waals surface area contributed by atoms with Gasteiger partial charge in [0.25, 0.3) is 0 Å². The molecule has 0 aromatic rings. The summed E-state index contributed by atoms with van der Waals surface area (Å²) in [5.41, 5.74) is 0. The van der Waals surface area contributed by atoms with E-state index in [1.165, 1.54) is 0 Å². The van der Waals surface area contributed by atoms with Crippen molar-refractivity contribution in [2.24, 2.45) is 0 Å². The van der Waals surface area contributed by atoms with Gasteiger partial charge in [0, 0.05) is 31.1 Å². The third-order valence-electron chi connectivity index (χ3n) is 1.71. The van der Waals surface area contributed by atoms with E-state index < -0.39 is 0 Å². The van der Waals surface area contributed by atoms with Crippen LogP contribution in [0.1, 0.15) is 0 Å². The first kappa shape index (κ1) is 13.5. The number of hydrogen-bond acceptors (Lipinski definition) is 3. The minimum absolute atomic E-state index is 0. The summed E-state index contributed by atoms with van der Waals surface area (Å²) in [6.45, 7) is 2.22. The molecule has 0 spiro atoms. The zero-order valence-electron chi connectivity index (χ0n) is 7.19. The van der Waals surface area contributed by atoms with E-state index in [9.17, 15) is 5.11 Å². The SMILES string of the molecule is COC[C@H]1O[CH-]C([Se]C)[C@H]1O.[U]. The van der Waals surface area contributed by atoms with Gasteiger partial charge in [-0.1, -0.05) is 0 Å². The Morgan fingerprint density at radius 1 is 1.67 bits per heavy atom. The third-order valence-corrected chi connectivity index (χ3v) is 3.67. The van der Waals surface area contributed by atoms with Crippen molar-refractivity contribution in [2.75, 3.05) is 13.7 Å². The fourth-order valence-electron chi connectivity index (χ4n) is 1.05. The maximum absolute atomic E-state index is 9.56. The normalized spacial score (nSPS) is 34.8. The molecule has 1 aliphatic heterocycles. The molecule has 0 aliphatic carbocycles. The van der Waals surface area contributed by atoms with Crippen LogP contribution in [0.25, 0.3) is 0 Å². The molecule has 1 unspecified atom stereocenters. The number of rotatable bonds is 3. The van der Waals surface area contributed by atoms with Gasteiger partial charge >= 0.3 is 72.7 Å². The molecular formula is C7H13O3SeU-. The minimum atomic E-state index is -0.361. The number of hydrogen-bond donors (Lipinski definition) is 1. The Kier molecular flexibility index (Phi) is 7.67. The Morgan fingerprint density at radius 3 is 2.75 bits per heavy atom. The van der Waals surface area contributed by atoms with Crippen LogP contribution in [-0.4, -0.2) is 46.0 Å². The molecule has 0 bridgehead atoms. The maximum Gasteiger partial charge on any atom is 0 e. The van der Waals surface area contributed by atoms with Gasteiger partial charge in [-0.2, -0.15) is 0 Å². The van der Waals surface area contributed by atoms with Crippen LogP contribution in [-0.2, 0) is 9.47 Å². The smallest absolute Gasteiger partial charge is 0 e. The van der Waals surface area contributed by atoms with Crippen LogP contribution in [0.3, 0.4) is 0 Å². The Labute approximate surface area is 103 Å². The summed E-state index contributed by atoms with van der Waals surface area (Å²) in [5.74, 6) is 2.09. The Balaban J connectivity index is 0.00000121. The van der Waals surface area contributed by atoms with Crippen LogP contribution in [0.2, 0.25) is 10.6 Å². The maximum atomic E-state index is 9.56. The molecule has 3 nitrogen and oxygen atoms in total. The molecule has 1 heterocycles. The quantitative estimate of drug-likeness (QED) is 0.478. The molecule has 3 atom stereocenters. The summed E-state index contributed by atoms with van der Waals surface area (Å²) in [6, 6.07) is 0. The van der Waals surface area contributed by atoms with E-state index in [-0.39, 0.29) is 48.1 Å². The number of methoxy groups -OCH3 is 1. The first-order chi connectivity index (χ1) is 5.29. The van der Waals surface area contributed by atoms with Crippen LogP contribution in [0.15, 0.2) is 0 Å². The van der Waals surface area contributed by atoms with Gasteiger partial charge in [-0.3, -0.25) is 0 Å². The first-order valence-corrected chi connectivity index (χ1v) is 6.18. The molecule has 5 heteroatoms. The molecule has 0 amide bonds. The Morgan fingerprint density at radius 2 is 2.33 bits per heavy atom. The van der Waals surface area contributed by atoms with Gasteiger partial charge in [-0.15, -0.1) is 0 Å². The summed E-state index contributed by atoms with van der Waals surface area (Å²) in [7, 11) is 1.61. The Hall–Kier alpha value is 1.45. The summed E-state index contributed by atoms with van der Waals surface area (Å²) >= 11 is 0.419. The van der Waals surface area contributed by atoms with E-state index in [0.717, 1.165) is 0 Å². The topological polar surface area (TPSA) is 38.7 Å². The van der Waals surface area contributed by atoms with Gasteiger partial charge in [-0.05, 0) is 0 Å². The fraction of sp³-hybridized carbons (Fsp3) is 0.857. The molecule has 70 valence electrons. The van der Waals surface area contributed by atoms with Crippen molar-refractivity contribution in [1.82, 2.24) is 0 Å². The average Bonchev–Trinajstić information content (AvgIpc) is 2.34. The van der Waals surface area contributed by atoms with E-state index in [1.807, 2.05) is 0 Å².